The van der Waals surface area contributed by atoms with Crippen LogP contribution in [0.2, 0.25) is 0 Å². The van der Waals surface area contributed by atoms with Crippen molar-refractivity contribution in [2.24, 2.45) is 0 Å². The van der Waals surface area contributed by atoms with Gasteiger partial charge in [-0.15, -0.1) is 0 Å². The topological polar surface area (TPSA) is 161 Å². The SMILES string of the molecule is CCCCC/C=C\C/C=C\C/C=C\C/C=C\CCCCCC(=O)O[C@H](COC(=O)CCCCCCCC1OC1C/C=C\CCCCC)COP(=O)(O)OC[C@@H](O)CO. The molecule has 5 atom stereocenters. The summed E-state index contributed by atoms with van der Waals surface area (Å²) >= 11 is 0. The number of rotatable bonds is 40. The second kappa shape index (κ2) is 37.6. The van der Waals surface area contributed by atoms with Crippen molar-refractivity contribution in [3.05, 3.63) is 60.8 Å². The number of aliphatic hydroxyl groups excluding tert-OH is 2. The molecule has 0 amide bonds. The van der Waals surface area contributed by atoms with Crippen molar-refractivity contribution in [1.82, 2.24) is 0 Å². The fraction of sp³-hybridized carbons (Fsp3) is 0.739. The number of phosphoric ester groups is 1. The molecule has 0 aliphatic carbocycles. The van der Waals surface area contributed by atoms with Crippen LogP contribution in [0.4, 0.5) is 0 Å². The van der Waals surface area contributed by atoms with Gasteiger partial charge in [-0.3, -0.25) is 18.6 Å². The predicted molar refractivity (Wildman–Crippen MR) is 232 cm³/mol. The molecule has 12 heteroatoms. The van der Waals surface area contributed by atoms with Gasteiger partial charge < -0.3 is 29.3 Å². The van der Waals surface area contributed by atoms with Crippen molar-refractivity contribution in [2.45, 2.75) is 192 Å². The van der Waals surface area contributed by atoms with E-state index in [2.05, 4.69) is 79.1 Å². The number of ether oxygens (including phenoxy) is 3. The van der Waals surface area contributed by atoms with Crippen LogP contribution in [0.25, 0.3) is 0 Å². The van der Waals surface area contributed by atoms with Crippen molar-refractivity contribution >= 4 is 19.8 Å². The standard InChI is InChI=1S/C46H79O11P/c1-3-5-7-9-11-12-13-14-15-16-17-18-19-20-21-22-23-27-32-36-46(50)56-42(40-55-58(51,52)54-38-41(48)37-47)39-53-45(49)35-31-28-24-26-30-34-44-43(57-44)33-29-25-10-8-6-4-2/h11-12,14-15,17-18,20-21,25,29,41-44,47-48H,3-10,13,16,19,22-24,26-28,30-40H2,1-2H3,(H,51,52)/b12-11-,15-14-,18-17-,21-20-,29-25-/t41-,42+,43?,44?/m0/s1. The Kier molecular flexibility index (Phi) is 34.8. The minimum absolute atomic E-state index is 0.138. The number of aliphatic hydroxyl groups is 2. The number of unbranched alkanes of at least 4 members (excludes halogenated alkanes) is 13. The van der Waals surface area contributed by atoms with E-state index in [1.165, 1.54) is 44.9 Å². The first-order chi connectivity index (χ1) is 28.2. The molecule has 1 fully saturated rings. The van der Waals surface area contributed by atoms with Gasteiger partial charge in [0, 0.05) is 12.8 Å². The van der Waals surface area contributed by atoms with Gasteiger partial charge in [-0.05, 0) is 83.5 Å². The number of carbonyl (C=O) groups excluding carboxylic acids is 2. The number of epoxide rings is 1. The molecule has 1 heterocycles. The summed E-state index contributed by atoms with van der Waals surface area (Å²) in [4.78, 5) is 35.1. The molecular formula is C46H79O11P. The van der Waals surface area contributed by atoms with Crippen molar-refractivity contribution < 1.29 is 52.5 Å². The van der Waals surface area contributed by atoms with E-state index in [0.717, 1.165) is 83.5 Å². The molecule has 11 nitrogen and oxygen atoms in total. The van der Waals surface area contributed by atoms with Gasteiger partial charge in [0.15, 0.2) is 6.10 Å². The first-order valence-corrected chi connectivity index (χ1v) is 23.9. The van der Waals surface area contributed by atoms with Crippen LogP contribution in [0, 0.1) is 0 Å². The van der Waals surface area contributed by atoms with Gasteiger partial charge in [0.2, 0.25) is 0 Å². The Morgan fingerprint density at radius 2 is 1.12 bits per heavy atom. The van der Waals surface area contributed by atoms with E-state index in [1.54, 1.807) is 0 Å². The highest BCUT2D eigenvalue weighted by atomic mass is 31.2. The molecule has 1 saturated heterocycles. The number of hydrogen-bond donors (Lipinski definition) is 3. The third-order valence-corrected chi connectivity index (χ3v) is 10.5. The zero-order valence-electron chi connectivity index (χ0n) is 35.9. The molecule has 0 aromatic rings. The fourth-order valence-electron chi connectivity index (χ4n) is 5.98. The molecule has 0 radical (unpaired) electrons. The molecule has 58 heavy (non-hydrogen) atoms. The normalized spacial score (nSPS) is 17.9. The van der Waals surface area contributed by atoms with Gasteiger partial charge in [0.1, 0.15) is 12.7 Å². The van der Waals surface area contributed by atoms with E-state index in [4.69, 9.17) is 23.8 Å². The minimum Gasteiger partial charge on any atom is -0.462 e. The number of allylic oxidation sites excluding steroid dienone is 9. The highest BCUT2D eigenvalue weighted by Crippen LogP contribution is 2.43. The average Bonchev–Trinajstić information content (AvgIpc) is 3.97. The van der Waals surface area contributed by atoms with Crippen LogP contribution in [-0.2, 0) is 37.4 Å². The highest BCUT2D eigenvalue weighted by molar-refractivity contribution is 7.47. The lowest BCUT2D eigenvalue weighted by molar-refractivity contribution is -0.161. The summed E-state index contributed by atoms with van der Waals surface area (Å²) in [6.07, 6.45) is 43.4. The molecule has 1 aliphatic rings. The third-order valence-electron chi connectivity index (χ3n) is 9.57. The van der Waals surface area contributed by atoms with Crippen LogP contribution in [-0.4, -0.2) is 77.9 Å². The van der Waals surface area contributed by atoms with Crippen LogP contribution in [0.15, 0.2) is 60.8 Å². The summed E-state index contributed by atoms with van der Waals surface area (Å²) in [5.41, 5.74) is 0. The van der Waals surface area contributed by atoms with Crippen LogP contribution >= 0.6 is 7.82 Å². The molecule has 1 aliphatic heterocycles. The van der Waals surface area contributed by atoms with E-state index in [0.29, 0.717) is 25.0 Å². The van der Waals surface area contributed by atoms with Gasteiger partial charge >= 0.3 is 19.8 Å². The van der Waals surface area contributed by atoms with Crippen molar-refractivity contribution in [3.63, 3.8) is 0 Å². The summed E-state index contributed by atoms with van der Waals surface area (Å²) in [7, 11) is -4.64. The van der Waals surface area contributed by atoms with Gasteiger partial charge in [-0.25, -0.2) is 4.57 Å². The van der Waals surface area contributed by atoms with Crippen LogP contribution in [0.5, 0.6) is 0 Å². The molecule has 0 spiro atoms. The highest BCUT2D eigenvalue weighted by Gasteiger charge is 2.36. The van der Waals surface area contributed by atoms with Gasteiger partial charge in [-0.2, -0.15) is 0 Å². The Balaban J connectivity index is 2.28. The Hall–Kier alpha value is -2.37. The molecule has 0 saturated carbocycles. The number of phosphoric acid groups is 1. The average molecular weight is 839 g/mol. The molecule has 3 unspecified atom stereocenters. The Labute approximate surface area is 351 Å². The summed E-state index contributed by atoms with van der Waals surface area (Å²) in [6.45, 7) is 2.25. The quantitative estimate of drug-likeness (QED) is 0.0177. The number of carbonyl (C=O) groups is 2. The zero-order chi connectivity index (χ0) is 42.4. The molecular weight excluding hydrogens is 759 g/mol. The van der Waals surface area contributed by atoms with E-state index >= 15 is 0 Å². The van der Waals surface area contributed by atoms with Crippen molar-refractivity contribution in [3.8, 4) is 0 Å². The van der Waals surface area contributed by atoms with Crippen LogP contribution < -0.4 is 0 Å². The van der Waals surface area contributed by atoms with Crippen molar-refractivity contribution in [2.75, 3.05) is 26.4 Å². The Bertz CT molecular complexity index is 1210. The van der Waals surface area contributed by atoms with Crippen LogP contribution in [0.3, 0.4) is 0 Å². The fourth-order valence-corrected chi connectivity index (χ4v) is 6.77. The minimum atomic E-state index is -4.64. The maximum atomic E-state index is 12.6. The molecule has 3 N–H and O–H groups in total. The van der Waals surface area contributed by atoms with Gasteiger partial charge in [0.05, 0.1) is 32.0 Å². The lowest BCUT2D eigenvalue weighted by Crippen LogP contribution is -2.29. The molecule has 1 rings (SSSR count). The Morgan fingerprint density at radius 1 is 0.621 bits per heavy atom. The molecule has 334 valence electrons. The van der Waals surface area contributed by atoms with Crippen LogP contribution in [0.1, 0.15) is 168 Å². The maximum Gasteiger partial charge on any atom is 0.472 e. The zero-order valence-corrected chi connectivity index (χ0v) is 36.8. The number of esters is 2. The third kappa shape index (κ3) is 34.5. The van der Waals surface area contributed by atoms with Crippen molar-refractivity contribution in [1.29, 1.82) is 0 Å². The largest absolute Gasteiger partial charge is 0.472 e. The molecule has 0 aromatic heterocycles. The summed E-state index contributed by atoms with van der Waals surface area (Å²) < 4.78 is 38.5. The Morgan fingerprint density at radius 3 is 1.72 bits per heavy atom. The van der Waals surface area contributed by atoms with Gasteiger partial charge in [0.25, 0.3) is 0 Å². The maximum absolute atomic E-state index is 12.6. The lowest BCUT2D eigenvalue weighted by atomic mass is 10.1. The molecule has 0 aromatic carbocycles. The van der Waals surface area contributed by atoms with E-state index in [1.807, 2.05) is 0 Å². The summed E-state index contributed by atoms with van der Waals surface area (Å²) in [5.74, 6) is -0.988. The number of hydrogen-bond acceptors (Lipinski definition) is 10. The summed E-state index contributed by atoms with van der Waals surface area (Å²) in [6, 6.07) is 0. The predicted octanol–water partition coefficient (Wildman–Crippen LogP) is 10.9. The first-order valence-electron chi connectivity index (χ1n) is 22.4. The second-order valence-corrected chi connectivity index (χ2v) is 16.6. The van der Waals surface area contributed by atoms with E-state index in [9.17, 15) is 24.2 Å². The smallest absolute Gasteiger partial charge is 0.462 e. The van der Waals surface area contributed by atoms with E-state index < -0.39 is 51.8 Å². The summed E-state index contributed by atoms with van der Waals surface area (Å²) in [5, 5.41) is 18.4. The monoisotopic (exact) mass is 839 g/mol. The molecule has 0 bridgehead atoms. The van der Waals surface area contributed by atoms with E-state index in [-0.39, 0.29) is 19.4 Å². The van der Waals surface area contributed by atoms with Gasteiger partial charge in [-0.1, -0.05) is 132 Å². The lowest BCUT2D eigenvalue weighted by Gasteiger charge is -2.20. The first kappa shape index (κ1) is 53.6. The second-order valence-electron chi connectivity index (χ2n) is 15.1.